The first-order chi connectivity index (χ1) is 11.0. The van der Waals surface area contributed by atoms with Gasteiger partial charge >= 0.3 is 5.69 Å². The standard InChI is InChI=1S/C16H17FN4O2/c1-20-14(13(10-18)15(22)21(2)16(20)23)19-8-4-6-11-5-3-7-12(17)9-11/h3,5,7,9,19H,4,6,8H2,1-2H3. The average molecular weight is 316 g/mol. The molecule has 0 spiro atoms. The maximum Gasteiger partial charge on any atom is 0.332 e. The number of nitriles is 1. The average Bonchev–Trinajstić information content (AvgIpc) is 2.54. The SMILES string of the molecule is Cn1c(NCCCc2cccc(F)c2)c(C#N)c(=O)n(C)c1=O. The fourth-order valence-electron chi connectivity index (χ4n) is 2.34. The summed E-state index contributed by atoms with van der Waals surface area (Å²) < 4.78 is 15.2. The minimum atomic E-state index is -0.622. The number of aromatic nitrogens is 2. The summed E-state index contributed by atoms with van der Waals surface area (Å²) in [7, 11) is 2.83. The van der Waals surface area contributed by atoms with Crippen molar-refractivity contribution in [3.8, 4) is 6.07 Å². The summed E-state index contributed by atoms with van der Waals surface area (Å²) in [5, 5.41) is 12.1. The molecule has 0 atom stereocenters. The van der Waals surface area contributed by atoms with Gasteiger partial charge in [0.05, 0.1) is 0 Å². The van der Waals surface area contributed by atoms with Crippen LogP contribution >= 0.6 is 0 Å². The summed E-state index contributed by atoms with van der Waals surface area (Å²) in [6, 6.07) is 8.17. The van der Waals surface area contributed by atoms with Gasteiger partial charge in [0.1, 0.15) is 17.7 Å². The molecule has 2 aromatic rings. The Morgan fingerprint density at radius 1 is 1.26 bits per heavy atom. The largest absolute Gasteiger partial charge is 0.370 e. The van der Waals surface area contributed by atoms with Crippen LogP contribution in [0.15, 0.2) is 33.9 Å². The first kappa shape index (κ1) is 16.5. The molecular formula is C16H17FN4O2. The lowest BCUT2D eigenvalue weighted by atomic mass is 10.1. The van der Waals surface area contributed by atoms with E-state index in [1.807, 2.05) is 12.1 Å². The fourth-order valence-corrected chi connectivity index (χ4v) is 2.34. The van der Waals surface area contributed by atoms with Crippen LogP contribution in [0.2, 0.25) is 0 Å². The monoisotopic (exact) mass is 316 g/mol. The Hall–Kier alpha value is -2.88. The van der Waals surface area contributed by atoms with Gasteiger partial charge in [-0.05, 0) is 30.5 Å². The predicted molar refractivity (Wildman–Crippen MR) is 84.8 cm³/mol. The Kier molecular flexibility index (Phi) is 4.96. The third kappa shape index (κ3) is 3.48. The van der Waals surface area contributed by atoms with E-state index in [0.29, 0.717) is 19.4 Å². The molecule has 1 heterocycles. The molecule has 0 radical (unpaired) electrons. The predicted octanol–water partition coefficient (Wildman–Crippen LogP) is 1.14. The minimum Gasteiger partial charge on any atom is -0.370 e. The minimum absolute atomic E-state index is 0.0969. The van der Waals surface area contributed by atoms with Gasteiger partial charge in [-0.15, -0.1) is 0 Å². The second-order valence-corrected chi connectivity index (χ2v) is 5.20. The quantitative estimate of drug-likeness (QED) is 0.839. The van der Waals surface area contributed by atoms with Crippen LogP contribution in [0, 0.1) is 17.1 Å². The molecule has 0 aliphatic rings. The summed E-state index contributed by atoms with van der Waals surface area (Å²) in [5.74, 6) is -0.0731. The van der Waals surface area contributed by atoms with Crippen molar-refractivity contribution in [2.24, 2.45) is 14.1 Å². The van der Waals surface area contributed by atoms with Crippen LogP contribution in [-0.2, 0) is 20.5 Å². The van der Waals surface area contributed by atoms with E-state index in [1.165, 1.54) is 30.8 Å². The molecule has 0 aliphatic heterocycles. The second-order valence-electron chi connectivity index (χ2n) is 5.20. The lowest BCUT2D eigenvalue weighted by molar-refractivity contribution is 0.624. The van der Waals surface area contributed by atoms with Crippen molar-refractivity contribution in [2.75, 3.05) is 11.9 Å². The highest BCUT2D eigenvalue weighted by atomic mass is 19.1. The number of hydrogen-bond acceptors (Lipinski definition) is 4. The molecule has 0 aliphatic carbocycles. The Morgan fingerprint density at radius 3 is 2.65 bits per heavy atom. The molecule has 23 heavy (non-hydrogen) atoms. The van der Waals surface area contributed by atoms with Crippen molar-refractivity contribution >= 4 is 5.82 Å². The molecule has 0 bridgehead atoms. The van der Waals surface area contributed by atoms with Crippen LogP contribution in [0.1, 0.15) is 17.5 Å². The van der Waals surface area contributed by atoms with Gasteiger partial charge in [-0.3, -0.25) is 13.9 Å². The molecule has 2 rings (SSSR count). The van der Waals surface area contributed by atoms with Crippen molar-refractivity contribution in [1.82, 2.24) is 9.13 Å². The smallest absolute Gasteiger partial charge is 0.332 e. The van der Waals surface area contributed by atoms with Crippen LogP contribution in [0.5, 0.6) is 0 Å². The van der Waals surface area contributed by atoms with E-state index in [1.54, 1.807) is 6.07 Å². The molecule has 7 heteroatoms. The third-order valence-corrected chi connectivity index (χ3v) is 3.60. The third-order valence-electron chi connectivity index (χ3n) is 3.60. The van der Waals surface area contributed by atoms with Crippen LogP contribution < -0.4 is 16.6 Å². The Labute approximate surface area is 132 Å². The van der Waals surface area contributed by atoms with Crippen LogP contribution in [0.3, 0.4) is 0 Å². The van der Waals surface area contributed by atoms with E-state index in [2.05, 4.69) is 5.32 Å². The maximum atomic E-state index is 13.1. The summed E-state index contributed by atoms with van der Waals surface area (Å²) in [6.45, 7) is 0.450. The zero-order valence-electron chi connectivity index (χ0n) is 13.0. The first-order valence-electron chi connectivity index (χ1n) is 7.14. The van der Waals surface area contributed by atoms with Crippen LogP contribution in [-0.4, -0.2) is 15.7 Å². The van der Waals surface area contributed by atoms with E-state index < -0.39 is 11.2 Å². The molecule has 1 N–H and O–H groups in total. The number of nitrogens with zero attached hydrogens (tertiary/aromatic N) is 3. The zero-order chi connectivity index (χ0) is 17.0. The second kappa shape index (κ2) is 6.92. The molecule has 0 unspecified atom stereocenters. The number of anilines is 1. The lowest BCUT2D eigenvalue weighted by Crippen LogP contribution is -2.40. The van der Waals surface area contributed by atoms with E-state index in [0.717, 1.165) is 10.1 Å². The van der Waals surface area contributed by atoms with E-state index >= 15 is 0 Å². The van der Waals surface area contributed by atoms with Gasteiger partial charge in [-0.25, -0.2) is 9.18 Å². The van der Waals surface area contributed by atoms with Gasteiger partial charge in [0.25, 0.3) is 5.56 Å². The van der Waals surface area contributed by atoms with E-state index in [4.69, 9.17) is 5.26 Å². The summed E-state index contributed by atoms with van der Waals surface area (Å²) in [5.41, 5.74) is -0.351. The highest BCUT2D eigenvalue weighted by Gasteiger charge is 2.14. The molecule has 1 aromatic carbocycles. The van der Waals surface area contributed by atoms with Gasteiger partial charge in [-0.2, -0.15) is 5.26 Å². The number of aryl methyl sites for hydroxylation is 1. The highest BCUT2D eigenvalue weighted by Crippen LogP contribution is 2.09. The molecule has 0 saturated heterocycles. The van der Waals surface area contributed by atoms with E-state index in [-0.39, 0.29) is 17.2 Å². The van der Waals surface area contributed by atoms with Crippen LogP contribution in [0.4, 0.5) is 10.2 Å². The van der Waals surface area contributed by atoms with Crippen molar-refractivity contribution in [2.45, 2.75) is 12.8 Å². The highest BCUT2D eigenvalue weighted by molar-refractivity contribution is 5.51. The lowest BCUT2D eigenvalue weighted by Gasteiger charge is -2.13. The number of rotatable bonds is 5. The summed E-state index contributed by atoms with van der Waals surface area (Å²) in [6.07, 6.45) is 1.31. The van der Waals surface area contributed by atoms with Crippen molar-refractivity contribution < 1.29 is 4.39 Å². The van der Waals surface area contributed by atoms with Crippen molar-refractivity contribution in [3.63, 3.8) is 0 Å². The molecule has 0 amide bonds. The van der Waals surface area contributed by atoms with Crippen molar-refractivity contribution in [3.05, 3.63) is 62.0 Å². The molecule has 6 nitrogen and oxygen atoms in total. The van der Waals surface area contributed by atoms with Gasteiger partial charge in [0, 0.05) is 20.6 Å². The molecule has 120 valence electrons. The Morgan fingerprint density at radius 2 is 2.00 bits per heavy atom. The normalized spacial score (nSPS) is 10.3. The first-order valence-corrected chi connectivity index (χ1v) is 7.14. The fraction of sp³-hybridized carbons (Fsp3) is 0.312. The topological polar surface area (TPSA) is 79.8 Å². The molecular weight excluding hydrogens is 299 g/mol. The van der Waals surface area contributed by atoms with E-state index in [9.17, 15) is 14.0 Å². The summed E-state index contributed by atoms with van der Waals surface area (Å²) >= 11 is 0. The Bertz CT molecular complexity index is 877. The van der Waals surface area contributed by atoms with Gasteiger partial charge in [0.2, 0.25) is 0 Å². The number of halogens is 1. The molecule has 0 fully saturated rings. The van der Waals surface area contributed by atoms with Gasteiger partial charge in [0.15, 0.2) is 5.56 Å². The number of benzene rings is 1. The summed E-state index contributed by atoms with van der Waals surface area (Å²) in [4.78, 5) is 23.8. The number of hydrogen-bond donors (Lipinski definition) is 1. The molecule has 0 saturated carbocycles. The van der Waals surface area contributed by atoms with Gasteiger partial charge < -0.3 is 5.32 Å². The molecule has 1 aromatic heterocycles. The van der Waals surface area contributed by atoms with Crippen molar-refractivity contribution in [1.29, 1.82) is 5.26 Å². The van der Waals surface area contributed by atoms with Gasteiger partial charge in [-0.1, -0.05) is 12.1 Å². The maximum absolute atomic E-state index is 13.1. The van der Waals surface area contributed by atoms with Crippen LogP contribution in [0.25, 0.3) is 0 Å². The Balaban J connectivity index is 2.11. The zero-order valence-corrected chi connectivity index (χ0v) is 13.0. The number of nitrogens with one attached hydrogen (secondary N) is 1.